The van der Waals surface area contributed by atoms with E-state index in [9.17, 15) is 4.79 Å². The van der Waals surface area contributed by atoms with Crippen LogP contribution in [0.4, 0.5) is 5.95 Å². The third kappa shape index (κ3) is 4.19. The number of carbonyl (C=O) groups is 1. The van der Waals surface area contributed by atoms with Crippen molar-refractivity contribution in [2.24, 2.45) is 5.92 Å². The lowest BCUT2D eigenvalue weighted by atomic mass is 10.0. The minimum Gasteiger partial charge on any atom is -0.347 e. The minimum absolute atomic E-state index is 0.0357. The van der Waals surface area contributed by atoms with E-state index in [-0.39, 0.29) is 17.9 Å². The van der Waals surface area contributed by atoms with Gasteiger partial charge in [0.2, 0.25) is 11.9 Å². The second-order valence-corrected chi connectivity index (χ2v) is 5.56. The number of amides is 1. The van der Waals surface area contributed by atoms with Gasteiger partial charge in [-0.3, -0.25) is 4.79 Å². The van der Waals surface area contributed by atoms with Crippen LogP contribution in [-0.4, -0.2) is 40.9 Å². The van der Waals surface area contributed by atoms with E-state index in [1.807, 2.05) is 19.9 Å². The molecule has 5 heteroatoms. The number of anilines is 1. The van der Waals surface area contributed by atoms with Gasteiger partial charge in [0.15, 0.2) is 0 Å². The summed E-state index contributed by atoms with van der Waals surface area (Å²) in [4.78, 5) is 22.3. The molecule has 0 fully saturated rings. The zero-order chi connectivity index (χ0) is 14.6. The largest absolute Gasteiger partial charge is 0.347 e. The summed E-state index contributed by atoms with van der Waals surface area (Å²) in [5, 5.41) is 3.14. The van der Waals surface area contributed by atoms with Crippen molar-refractivity contribution in [3.05, 3.63) is 18.0 Å². The fraction of sp³-hybridized carbons (Fsp3) is 0.643. The second-order valence-electron chi connectivity index (χ2n) is 5.56. The van der Waals surface area contributed by atoms with E-state index in [1.54, 1.807) is 25.2 Å². The fourth-order valence-corrected chi connectivity index (χ4v) is 1.69. The van der Waals surface area contributed by atoms with Gasteiger partial charge in [-0.15, -0.1) is 0 Å². The summed E-state index contributed by atoms with van der Waals surface area (Å²) in [7, 11) is 3.51. The SMILES string of the molecule is CC(C)c1ccnc(N[C@@H](C(=O)N(C)C)C(C)C)n1. The Morgan fingerprint density at radius 1 is 1.26 bits per heavy atom. The van der Waals surface area contributed by atoms with Crippen LogP contribution in [0.3, 0.4) is 0 Å². The van der Waals surface area contributed by atoms with E-state index in [0.29, 0.717) is 11.9 Å². The van der Waals surface area contributed by atoms with Crippen molar-refractivity contribution >= 4 is 11.9 Å². The van der Waals surface area contributed by atoms with Crippen molar-refractivity contribution in [3.63, 3.8) is 0 Å². The summed E-state index contributed by atoms with van der Waals surface area (Å²) in [6, 6.07) is 1.59. The maximum atomic E-state index is 12.1. The van der Waals surface area contributed by atoms with Crippen LogP contribution in [0, 0.1) is 5.92 Å². The van der Waals surface area contributed by atoms with E-state index >= 15 is 0 Å². The number of carbonyl (C=O) groups excluding carboxylic acids is 1. The Morgan fingerprint density at radius 3 is 2.37 bits per heavy atom. The van der Waals surface area contributed by atoms with Crippen molar-refractivity contribution < 1.29 is 4.79 Å². The van der Waals surface area contributed by atoms with Crippen LogP contribution < -0.4 is 5.32 Å². The molecule has 0 spiro atoms. The molecule has 5 nitrogen and oxygen atoms in total. The van der Waals surface area contributed by atoms with Gasteiger partial charge < -0.3 is 10.2 Å². The van der Waals surface area contributed by atoms with Gasteiger partial charge in [-0.1, -0.05) is 27.7 Å². The third-order valence-corrected chi connectivity index (χ3v) is 2.93. The molecule has 0 saturated heterocycles. The zero-order valence-corrected chi connectivity index (χ0v) is 12.6. The van der Waals surface area contributed by atoms with E-state index in [4.69, 9.17) is 0 Å². The van der Waals surface area contributed by atoms with Crippen LogP contribution >= 0.6 is 0 Å². The Hall–Kier alpha value is -1.65. The Labute approximate surface area is 115 Å². The maximum Gasteiger partial charge on any atom is 0.244 e. The van der Waals surface area contributed by atoms with Gasteiger partial charge in [0.25, 0.3) is 0 Å². The summed E-state index contributed by atoms with van der Waals surface area (Å²) in [6.07, 6.45) is 1.72. The molecule has 1 aromatic rings. The molecule has 1 atom stereocenters. The van der Waals surface area contributed by atoms with Crippen molar-refractivity contribution in [2.75, 3.05) is 19.4 Å². The van der Waals surface area contributed by atoms with Crippen LogP contribution in [0.5, 0.6) is 0 Å². The Morgan fingerprint density at radius 2 is 1.89 bits per heavy atom. The summed E-state index contributed by atoms with van der Waals surface area (Å²) < 4.78 is 0. The number of nitrogens with zero attached hydrogens (tertiary/aromatic N) is 3. The van der Waals surface area contributed by atoms with Gasteiger partial charge in [0, 0.05) is 26.0 Å². The Bertz CT molecular complexity index is 429. The third-order valence-electron chi connectivity index (χ3n) is 2.93. The molecule has 0 aromatic carbocycles. The van der Waals surface area contributed by atoms with Gasteiger partial charge in [-0.05, 0) is 17.9 Å². The Balaban J connectivity index is 2.91. The maximum absolute atomic E-state index is 12.1. The van der Waals surface area contributed by atoms with Crippen LogP contribution in [0.2, 0.25) is 0 Å². The van der Waals surface area contributed by atoms with Crippen molar-refractivity contribution in [1.29, 1.82) is 0 Å². The summed E-state index contributed by atoms with van der Waals surface area (Å²) in [6.45, 7) is 8.17. The summed E-state index contributed by atoms with van der Waals surface area (Å²) in [5.41, 5.74) is 0.970. The number of likely N-dealkylation sites (N-methyl/N-ethyl adjacent to an activating group) is 1. The van der Waals surface area contributed by atoms with Crippen molar-refractivity contribution in [3.8, 4) is 0 Å². The first-order valence-electron chi connectivity index (χ1n) is 6.63. The van der Waals surface area contributed by atoms with E-state index in [0.717, 1.165) is 5.69 Å². The first-order chi connectivity index (χ1) is 8.82. The lowest BCUT2D eigenvalue weighted by Crippen LogP contribution is -2.42. The molecule has 106 valence electrons. The van der Waals surface area contributed by atoms with Gasteiger partial charge >= 0.3 is 0 Å². The molecule has 1 N–H and O–H groups in total. The molecule has 0 bridgehead atoms. The molecular formula is C14H24N4O. The number of aromatic nitrogens is 2. The molecule has 0 radical (unpaired) electrons. The highest BCUT2D eigenvalue weighted by atomic mass is 16.2. The average molecular weight is 264 g/mol. The lowest BCUT2D eigenvalue weighted by Gasteiger charge is -2.24. The zero-order valence-electron chi connectivity index (χ0n) is 12.6. The molecule has 0 aliphatic carbocycles. The minimum atomic E-state index is -0.308. The number of hydrogen-bond donors (Lipinski definition) is 1. The van der Waals surface area contributed by atoms with Crippen LogP contribution in [0.1, 0.15) is 39.3 Å². The topological polar surface area (TPSA) is 58.1 Å². The lowest BCUT2D eigenvalue weighted by molar-refractivity contribution is -0.130. The number of nitrogens with one attached hydrogen (secondary N) is 1. The summed E-state index contributed by atoms with van der Waals surface area (Å²) in [5.74, 6) is 1.06. The average Bonchev–Trinajstić information content (AvgIpc) is 2.35. The Kier molecular flexibility index (Phi) is 5.27. The molecular weight excluding hydrogens is 240 g/mol. The molecule has 0 aliphatic rings. The molecule has 0 aliphatic heterocycles. The monoisotopic (exact) mass is 264 g/mol. The highest BCUT2D eigenvalue weighted by Gasteiger charge is 2.24. The summed E-state index contributed by atoms with van der Waals surface area (Å²) >= 11 is 0. The molecule has 1 heterocycles. The fourth-order valence-electron chi connectivity index (χ4n) is 1.69. The molecule has 1 aromatic heterocycles. The normalized spacial score (nSPS) is 12.6. The van der Waals surface area contributed by atoms with Crippen LogP contribution in [0.25, 0.3) is 0 Å². The predicted octanol–water partition coefficient (Wildman–Crippen LogP) is 2.12. The molecule has 19 heavy (non-hydrogen) atoms. The van der Waals surface area contributed by atoms with E-state index in [2.05, 4.69) is 29.1 Å². The highest BCUT2D eigenvalue weighted by Crippen LogP contribution is 2.14. The van der Waals surface area contributed by atoms with Gasteiger partial charge in [0.05, 0.1) is 0 Å². The first-order valence-corrected chi connectivity index (χ1v) is 6.63. The number of hydrogen-bond acceptors (Lipinski definition) is 4. The van der Waals surface area contributed by atoms with Crippen LogP contribution in [-0.2, 0) is 4.79 Å². The van der Waals surface area contributed by atoms with Gasteiger partial charge in [0.1, 0.15) is 6.04 Å². The molecule has 1 amide bonds. The first kappa shape index (κ1) is 15.4. The standard InChI is InChI=1S/C14H24N4O/c1-9(2)11-7-8-15-14(16-11)17-12(10(3)4)13(19)18(5)6/h7-10,12H,1-6H3,(H,15,16,17)/t12-/m1/s1. The smallest absolute Gasteiger partial charge is 0.244 e. The molecule has 0 saturated carbocycles. The predicted molar refractivity (Wildman–Crippen MR) is 77.1 cm³/mol. The van der Waals surface area contributed by atoms with Gasteiger partial charge in [-0.2, -0.15) is 0 Å². The van der Waals surface area contributed by atoms with E-state index in [1.165, 1.54) is 0 Å². The second kappa shape index (κ2) is 6.50. The van der Waals surface area contributed by atoms with Gasteiger partial charge in [-0.25, -0.2) is 9.97 Å². The quantitative estimate of drug-likeness (QED) is 0.885. The van der Waals surface area contributed by atoms with Crippen LogP contribution in [0.15, 0.2) is 12.3 Å². The number of rotatable bonds is 5. The molecule has 0 unspecified atom stereocenters. The highest BCUT2D eigenvalue weighted by molar-refractivity contribution is 5.84. The molecule has 1 rings (SSSR count). The van der Waals surface area contributed by atoms with Crippen molar-refractivity contribution in [1.82, 2.24) is 14.9 Å². The van der Waals surface area contributed by atoms with Crippen molar-refractivity contribution in [2.45, 2.75) is 39.7 Å². The van der Waals surface area contributed by atoms with E-state index < -0.39 is 0 Å².